The molecule has 0 aromatic heterocycles. The molecular weight excluding hydrogens is 393 g/mol. The van der Waals surface area contributed by atoms with Crippen LogP contribution in [0.1, 0.15) is 30.0 Å². The van der Waals surface area contributed by atoms with Crippen LogP contribution in [0.5, 0.6) is 17.2 Å². The molecular formula is C23H21ClFNO3. The van der Waals surface area contributed by atoms with Crippen LogP contribution in [0.4, 0.5) is 4.39 Å². The summed E-state index contributed by atoms with van der Waals surface area (Å²) < 4.78 is 25.5. The summed E-state index contributed by atoms with van der Waals surface area (Å²) >= 11 is 5.91. The Hall–Kier alpha value is -3.05. The Labute approximate surface area is 174 Å². The highest BCUT2D eigenvalue weighted by Gasteiger charge is 2.18. The number of hydrogen-bond donors (Lipinski definition) is 1. The maximum Gasteiger partial charge on any atom is 0.133 e. The second kappa shape index (κ2) is 9.43. The van der Waals surface area contributed by atoms with Crippen LogP contribution in [0, 0.1) is 5.82 Å². The minimum Gasteiger partial charge on any atom is -0.497 e. The van der Waals surface area contributed by atoms with Crippen molar-refractivity contribution in [1.82, 2.24) is 0 Å². The lowest BCUT2D eigenvalue weighted by Gasteiger charge is -2.14. The molecule has 0 bridgehead atoms. The summed E-state index contributed by atoms with van der Waals surface area (Å²) in [7, 11) is 1.50. The molecule has 0 aliphatic heterocycles. The third-order valence-electron chi connectivity index (χ3n) is 4.43. The van der Waals surface area contributed by atoms with Crippen molar-refractivity contribution in [1.29, 1.82) is 0 Å². The van der Waals surface area contributed by atoms with Crippen LogP contribution < -0.4 is 9.47 Å². The van der Waals surface area contributed by atoms with Gasteiger partial charge in [0.15, 0.2) is 0 Å². The van der Waals surface area contributed by atoms with Gasteiger partial charge in [0.1, 0.15) is 28.8 Å². The number of ether oxygens (including phenoxy) is 2. The maximum absolute atomic E-state index is 14.5. The first-order chi connectivity index (χ1) is 14.0. The molecule has 0 aliphatic carbocycles. The van der Waals surface area contributed by atoms with E-state index in [0.29, 0.717) is 34.3 Å². The van der Waals surface area contributed by atoms with Crippen LogP contribution in [0.3, 0.4) is 0 Å². The Morgan fingerprint density at radius 2 is 1.66 bits per heavy atom. The molecule has 0 amide bonds. The van der Waals surface area contributed by atoms with Gasteiger partial charge in [0.25, 0.3) is 0 Å². The van der Waals surface area contributed by atoms with E-state index in [1.54, 1.807) is 36.4 Å². The van der Waals surface area contributed by atoms with E-state index in [1.165, 1.54) is 25.3 Å². The lowest BCUT2D eigenvalue weighted by atomic mass is 9.94. The zero-order valence-electron chi connectivity index (χ0n) is 16.2. The molecule has 0 aliphatic rings. The molecule has 1 N–H and O–H groups in total. The Morgan fingerprint density at radius 1 is 0.966 bits per heavy atom. The van der Waals surface area contributed by atoms with Crippen molar-refractivity contribution in [3.05, 3.63) is 88.2 Å². The summed E-state index contributed by atoms with van der Waals surface area (Å²) in [4.78, 5) is 0. The molecule has 29 heavy (non-hydrogen) atoms. The van der Waals surface area contributed by atoms with Crippen LogP contribution in [-0.4, -0.2) is 18.0 Å². The van der Waals surface area contributed by atoms with Crippen molar-refractivity contribution in [2.75, 3.05) is 7.11 Å². The van der Waals surface area contributed by atoms with E-state index in [-0.39, 0.29) is 11.3 Å². The molecule has 150 valence electrons. The fraction of sp³-hybridized carbons (Fsp3) is 0.174. The van der Waals surface area contributed by atoms with E-state index in [9.17, 15) is 9.60 Å². The van der Waals surface area contributed by atoms with Gasteiger partial charge < -0.3 is 14.7 Å². The number of halogens is 2. The van der Waals surface area contributed by atoms with Crippen molar-refractivity contribution < 1.29 is 19.1 Å². The van der Waals surface area contributed by atoms with Crippen molar-refractivity contribution in [2.45, 2.75) is 19.8 Å². The van der Waals surface area contributed by atoms with Gasteiger partial charge >= 0.3 is 0 Å². The van der Waals surface area contributed by atoms with E-state index >= 15 is 0 Å². The highest BCUT2D eigenvalue weighted by Crippen LogP contribution is 2.29. The van der Waals surface area contributed by atoms with Gasteiger partial charge in [0.05, 0.1) is 7.11 Å². The number of rotatable bonds is 7. The predicted octanol–water partition coefficient (Wildman–Crippen LogP) is 6.46. The minimum atomic E-state index is -0.498. The lowest BCUT2D eigenvalue weighted by molar-refractivity contribution is 0.319. The zero-order valence-corrected chi connectivity index (χ0v) is 16.9. The molecule has 0 fully saturated rings. The van der Waals surface area contributed by atoms with Gasteiger partial charge in [0.2, 0.25) is 0 Å². The van der Waals surface area contributed by atoms with E-state index in [0.717, 1.165) is 12.0 Å². The predicted molar refractivity (Wildman–Crippen MR) is 112 cm³/mol. The first kappa shape index (κ1) is 20.7. The Bertz CT molecular complexity index is 1020. The van der Waals surface area contributed by atoms with Crippen LogP contribution in [-0.2, 0) is 6.42 Å². The number of aryl methyl sites for hydroxylation is 1. The largest absolute Gasteiger partial charge is 0.497 e. The fourth-order valence-corrected chi connectivity index (χ4v) is 3.17. The minimum absolute atomic E-state index is 0.142. The lowest BCUT2D eigenvalue weighted by Crippen LogP contribution is -2.10. The van der Waals surface area contributed by atoms with E-state index < -0.39 is 5.82 Å². The molecule has 3 aromatic rings. The zero-order chi connectivity index (χ0) is 20.8. The van der Waals surface area contributed by atoms with Gasteiger partial charge in [-0.2, -0.15) is 0 Å². The van der Waals surface area contributed by atoms with Gasteiger partial charge in [0, 0.05) is 16.1 Å². The molecule has 6 heteroatoms. The first-order valence-corrected chi connectivity index (χ1v) is 9.56. The third kappa shape index (κ3) is 4.87. The molecule has 0 saturated heterocycles. The van der Waals surface area contributed by atoms with Gasteiger partial charge in [-0.25, -0.2) is 4.39 Å². The van der Waals surface area contributed by atoms with Gasteiger partial charge in [-0.15, -0.1) is 0 Å². The molecule has 4 nitrogen and oxygen atoms in total. The van der Waals surface area contributed by atoms with E-state index in [1.807, 2.05) is 13.0 Å². The molecule has 0 unspecified atom stereocenters. The van der Waals surface area contributed by atoms with E-state index in [4.69, 9.17) is 21.1 Å². The number of hydrogen-bond acceptors (Lipinski definition) is 4. The maximum atomic E-state index is 14.5. The smallest absolute Gasteiger partial charge is 0.133 e. The Morgan fingerprint density at radius 3 is 2.31 bits per heavy atom. The fourth-order valence-electron chi connectivity index (χ4n) is 3.05. The van der Waals surface area contributed by atoms with Crippen LogP contribution >= 0.6 is 11.6 Å². The molecule has 0 saturated carbocycles. The van der Waals surface area contributed by atoms with Gasteiger partial charge in [-0.3, -0.25) is 0 Å². The summed E-state index contributed by atoms with van der Waals surface area (Å²) in [6.07, 6.45) is 1.56. The van der Waals surface area contributed by atoms with Crippen LogP contribution in [0.2, 0.25) is 5.02 Å². The second-order valence-electron chi connectivity index (χ2n) is 6.42. The second-order valence-corrected chi connectivity index (χ2v) is 6.86. The quantitative estimate of drug-likeness (QED) is 0.275. The molecule has 0 radical (unpaired) electrons. The number of benzene rings is 3. The average molecular weight is 414 g/mol. The van der Waals surface area contributed by atoms with E-state index in [2.05, 4.69) is 5.16 Å². The molecule has 3 aromatic carbocycles. The van der Waals surface area contributed by atoms with Crippen molar-refractivity contribution in [2.24, 2.45) is 5.16 Å². The number of methoxy groups -OCH3 is 1. The third-order valence-corrected chi connectivity index (χ3v) is 4.68. The van der Waals surface area contributed by atoms with Crippen molar-refractivity contribution >= 4 is 17.3 Å². The monoisotopic (exact) mass is 413 g/mol. The molecule has 0 heterocycles. The van der Waals surface area contributed by atoms with Crippen LogP contribution in [0.15, 0.2) is 65.8 Å². The molecule has 0 atom stereocenters. The summed E-state index contributed by atoms with van der Waals surface area (Å²) in [5.41, 5.74) is 1.82. The Kier molecular flexibility index (Phi) is 6.73. The summed E-state index contributed by atoms with van der Waals surface area (Å²) in [5.74, 6) is 1.26. The molecule has 0 spiro atoms. The van der Waals surface area contributed by atoms with Crippen molar-refractivity contribution in [3.8, 4) is 17.2 Å². The highest BCUT2D eigenvalue weighted by atomic mass is 35.5. The molecule has 3 rings (SSSR count). The Balaban J connectivity index is 2.00. The summed E-state index contributed by atoms with van der Waals surface area (Å²) in [6.45, 7) is 2.04. The topological polar surface area (TPSA) is 51.0 Å². The van der Waals surface area contributed by atoms with Gasteiger partial charge in [-0.1, -0.05) is 30.1 Å². The number of nitrogens with zero attached hydrogens (tertiary/aromatic N) is 1. The summed E-state index contributed by atoms with van der Waals surface area (Å²) in [6, 6.07) is 16.8. The van der Waals surface area contributed by atoms with Crippen molar-refractivity contribution in [3.63, 3.8) is 0 Å². The summed E-state index contributed by atoms with van der Waals surface area (Å²) in [5, 5.41) is 13.7. The van der Waals surface area contributed by atoms with Gasteiger partial charge in [-0.05, 0) is 72.6 Å². The first-order valence-electron chi connectivity index (χ1n) is 9.18. The van der Waals surface area contributed by atoms with Crippen LogP contribution in [0.25, 0.3) is 0 Å². The standard InChI is InChI=1S/C23H21ClFNO3/c1-3-4-15-13-19(29-17-7-5-16(24)6-8-17)9-11-20(15)23(26-27)21-14-18(28-2)10-12-22(21)25/h5-14,27H,3-4H2,1-2H3/b26-23-. The normalized spacial score (nSPS) is 11.4. The SMILES string of the molecule is CCCc1cc(Oc2ccc(Cl)cc2)ccc1/C(=N/O)c1cc(OC)ccc1F. The number of oxime groups is 1. The highest BCUT2D eigenvalue weighted by molar-refractivity contribution is 6.30. The average Bonchev–Trinajstić information content (AvgIpc) is 2.73.